The quantitative estimate of drug-likeness (QED) is 0.503. The Bertz CT molecular complexity index is 275. The van der Waals surface area contributed by atoms with Crippen molar-refractivity contribution in [3.63, 3.8) is 0 Å². The fourth-order valence-electron chi connectivity index (χ4n) is 4.98. The van der Waals surface area contributed by atoms with Crippen LogP contribution >= 0.6 is 0 Å². The zero-order valence-electron chi connectivity index (χ0n) is 14.9. The first-order valence-corrected chi connectivity index (χ1v) is 9.99. The summed E-state index contributed by atoms with van der Waals surface area (Å²) in [5.74, 6) is 3.98. The summed E-state index contributed by atoms with van der Waals surface area (Å²) in [6.07, 6.45) is 16.1. The van der Waals surface area contributed by atoms with Crippen molar-refractivity contribution in [1.29, 1.82) is 0 Å². The summed E-state index contributed by atoms with van der Waals surface area (Å²) in [5.41, 5.74) is 0. The molecule has 0 spiro atoms. The van der Waals surface area contributed by atoms with Gasteiger partial charge in [-0.15, -0.1) is 0 Å². The maximum absolute atomic E-state index is 3.80. The third kappa shape index (κ3) is 4.98. The summed E-state index contributed by atoms with van der Waals surface area (Å²) >= 11 is 0. The van der Waals surface area contributed by atoms with Gasteiger partial charge in [0.05, 0.1) is 0 Å². The summed E-state index contributed by atoms with van der Waals surface area (Å²) in [6, 6.07) is 0.850. The van der Waals surface area contributed by atoms with Gasteiger partial charge in [-0.1, -0.05) is 78.6 Å². The van der Waals surface area contributed by atoms with E-state index >= 15 is 0 Å². The van der Waals surface area contributed by atoms with E-state index in [1.54, 1.807) is 0 Å². The predicted molar refractivity (Wildman–Crippen MR) is 93.6 cm³/mol. The molecule has 0 aromatic heterocycles. The van der Waals surface area contributed by atoms with Gasteiger partial charge in [-0.3, -0.25) is 0 Å². The molecule has 2 bridgehead atoms. The minimum Gasteiger partial charge on any atom is -0.313 e. The highest BCUT2D eigenvalue weighted by molar-refractivity contribution is 4.96. The molecule has 0 aromatic rings. The molecule has 1 saturated heterocycles. The van der Waals surface area contributed by atoms with Crippen LogP contribution in [0.5, 0.6) is 0 Å². The number of nitrogens with one attached hydrogen (secondary N) is 1. The third-order valence-electron chi connectivity index (χ3n) is 6.35. The zero-order valence-corrected chi connectivity index (χ0v) is 14.9. The second-order valence-electron chi connectivity index (χ2n) is 7.99. The van der Waals surface area contributed by atoms with Crippen molar-refractivity contribution >= 4 is 0 Å². The second-order valence-corrected chi connectivity index (χ2v) is 7.99. The van der Waals surface area contributed by atoms with E-state index in [-0.39, 0.29) is 0 Å². The molecule has 0 aromatic carbocycles. The lowest BCUT2D eigenvalue weighted by Crippen LogP contribution is -2.34. The van der Waals surface area contributed by atoms with Crippen LogP contribution in [0.1, 0.15) is 91.4 Å². The molecule has 1 nitrogen and oxygen atoms in total. The van der Waals surface area contributed by atoms with Gasteiger partial charge in [-0.05, 0) is 43.1 Å². The number of rotatable bonds is 10. The molecule has 1 heterocycles. The number of fused-ring (bicyclic) bond motifs is 2. The van der Waals surface area contributed by atoms with Gasteiger partial charge in [0, 0.05) is 6.04 Å². The molecule has 1 N–H and O–H groups in total. The van der Waals surface area contributed by atoms with Gasteiger partial charge in [0.25, 0.3) is 0 Å². The van der Waals surface area contributed by atoms with Crippen LogP contribution in [0.25, 0.3) is 0 Å². The highest BCUT2D eigenvalue weighted by Gasteiger charge is 2.42. The molecular weight excluding hydrogens is 254 g/mol. The van der Waals surface area contributed by atoms with E-state index in [0.29, 0.717) is 0 Å². The Balaban J connectivity index is 1.86. The van der Waals surface area contributed by atoms with Gasteiger partial charge >= 0.3 is 0 Å². The molecular formula is C20H39N. The van der Waals surface area contributed by atoms with Gasteiger partial charge < -0.3 is 5.32 Å². The fraction of sp³-hybridized carbons (Fsp3) is 1.00. The Morgan fingerprint density at radius 2 is 1.57 bits per heavy atom. The van der Waals surface area contributed by atoms with E-state index in [9.17, 15) is 0 Å². The highest BCUT2D eigenvalue weighted by Crippen LogP contribution is 2.44. The Hall–Kier alpha value is -0.0400. The lowest BCUT2D eigenvalue weighted by molar-refractivity contribution is 0.135. The Morgan fingerprint density at radius 3 is 2.29 bits per heavy atom. The van der Waals surface area contributed by atoms with Crippen LogP contribution < -0.4 is 5.32 Å². The van der Waals surface area contributed by atoms with Crippen LogP contribution in [0.4, 0.5) is 0 Å². The maximum Gasteiger partial charge on any atom is 0.00961 e. The summed E-state index contributed by atoms with van der Waals surface area (Å²) in [7, 11) is 0. The fourth-order valence-corrected chi connectivity index (χ4v) is 4.98. The van der Waals surface area contributed by atoms with Gasteiger partial charge in [-0.2, -0.15) is 0 Å². The molecule has 0 amide bonds. The summed E-state index contributed by atoms with van der Waals surface area (Å²) in [6.45, 7) is 8.47. The second kappa shape index (κ2) is 9.18. The third-order valence-corrected chi connectivity index (χ3v) is 6.35. The van der Waals surface area contributed by atoms with E-state index in [4.69, 9.17) is 0 Å². The van der Waals surface area contributed by atoms with Crippen molar-refractivity contribution in [3.8, 4) is 0 Å². The van der Waals surface area contributed by atoms with Crippen LogP contribution in [0, 0.1) is 23.7 Å². The van der Waals surface area contributed by atoms with Gasteiger partial charge in [0.1, 0.15) is 0 Å². The van der Waals surface area contributed by atoms with Crippen LogP contribution in [0.2, 0.25) is 0 Å². The number of unbranched alkanes of at least 4 members (excludes halogenated alkanes) is 5. The molecule has 2 rings (SSSR count). The summed E-state index contributed by atoms with van der Waals surface area (Å²) in [5, 5.41) is 3.80. The molecule has 1 heteroatoms. The summed E-state index contributed by atoms with van der Waals surface area (Å²) in [4.78, 5) is 0. The van der Waals surface area contributed by atoms with Crippen molar-refractivity contribution < 1.29 is 0 Å². The van der Waals surface area contributed by atoms with Gasteiger partial charge in [-0.25, -0.2) is 0 Å². The topological polar surface area (TPSA) is 12.0 Å². The molecule has 1 saturated carbocycles. The molecule has 1 aliphatic heterocycles. The molecule has 124 valence electrons. The molecule has 5 atom stereocenters. The van der Waals surface area contributed by atoms with Crippen molar-refractivity contribution in [2.24, 2.45) is 23.7 Å². The molecule has 2 aliphatic rings. The lowest BCUT2D eigenvalue weighted by atomic mass is 9.67. The van der Waals surface area contributed by atoms with E-state index in [2.05, 4.69) is 26.1 Å². The highest BCUT2D eigenvalue weighted by atomic mass is 15.0. The number of hydrogen-bond donors (Lipinski definition) is 1. The molecule has 21 heavy (non-hydrogen) atoms. The lowest BCUT2D eigenvalue weighted by Gasteiger charge is -2.38. The van der Waals surface area contributed by atoms with Crippen LogP contribution in [-0.2, 0) is 0 Å². The van der Waals surface area contributed by atoms with Crippen molar-refractivity contribution in [2.75, 3.05) is 6.54 Å². The van der Waals surface area contributed by atoms with E-state index in [1.165, 1.54) is 77.2 Å². The molecule has 5 unspecified atom stereocenters. The first kappa shape index (κ1) is 17.3. The minimum absolute atomic E-state index is 0.850. The Morgan fingerprint density at radius 1 is 0.905 bits per heavy atom. The smallest absolute Gasteiger partial charge is 0.00961 e. The van der Waals surface area contributed by atoms with Crippen molar-refractivity contribution in [1.82, 2.24) is 5.32 Å². The van der Waals surface area contributed by atoms with Gasteiger partial charge in [0.2, 0.25) is 0 Å². The largest absolute Gasteiger partial charge is 0.313 e. The normalized spacial score (nSPS) is 33.3. The van der Waals surface area contributed by atoms with Crippen molar-refractivity contribution in [2.45, 2.75) is 97.4 Å². The first-order valence-electron chi connectivity index (χ1n) is 9.99. The Kier molecular flexibility index (Phi) is 7.57. The van der Waals surface area contributed by atoms with Crippen LogP contribution in [0.15, 0.2) is 0 Å². The minimum atomic E-state index is 0.850. The average molecular weight is 294 g/mol. The molecule has 0 radical (unpaired) electrons. The zero-order chi connectivity index (χ0) is 15.1. The maximum atomic E-state index is 3.80. The first-order chi connectivity index (χ1) is 10.3. The monoisotopic (exact) mass is 293 g/mol. The SMILES string of the molecule is CCCCCCC(CCCCC)C1CC(C)C2CC1CN2. The van der Waals surface area contributed by atoms with Crippen LogP contribution in [-0.4, -0.2) is 12.6 Å². The predicted octanol–water partition coefficient (Wildman–Crippen LogP) is 5.79. The molecule has 2 fully saturated rings. The standard InChI is InChI=1S/C20H39N/c1-4-6-8-10-12-17(11-9-7-5-2)19-13-16(3)20-14-18(19)15-21-20/h16-21H,4-15H2,1-3H3. The number of hydrogen-bond acceptors (Lipinski definition) is 1. The van der Waals surface area contributed by atoms with Gasteiger partial charge in [0.15, 0.2) is 0 Å². The van der Waals surface area contributed by atoms with E-state index < -0.39 is 0 Å². The van der Waals surface area contributed by atoms with E-state index in [1.807, 2.05) is 0 Å². The summed E-state index contributed by atoms with van der Waals surface area (Å²) < 4.78 is 0. The Labute approximate surface area is 133 Å². The van der Waals surface area contributed by atoms with E-state index in [0.717, 1.165) is 29.7 Å². The average Bonchev–Trinajstić information content (AvgIpc) is 2.91. The van der Waals surface area contributed by atoms with Crippen LogP contribution in [0.3, 0.4) is 0 Å². The molecule has 1 aliphatic carbocycles. The van der Waals surface area contributed by atoms with Crippen molar-refractivity contribution in [3.05, 3.63) is 0 Å².